The molecule has 0 atom stereocenters. The van der Waals surface area contributed by atoms with Crippen LogP contribution in [0, 0.1) is 0 Å². The van der Waals surface area contributed by atoms with Crippen molar-refractivity contribution in [2.24, 2.45) is 0 Å². The Kier molecular flexibility index (Phi) is 4.21. The smallest absolute Gasteiger partial charge is 0.218 e. The summed E-state index contributed by atoms with van der Waals surface area (Å²) in [5, 5.41) is 1.27. The molecule has 0 aliphatic carbocycles. The number of rotatable bonds is 4. The first-order valence-corrected chi connectivity index (χ1v) is 9.74. The normalized spacial score (nSPS) is 16.0. The maximum atomic E-state index is 6.22. The zero-order valence-corrected chi connectivity index (χ0v) is 15.7. The van der Waals surface area contributed by atoms with Crippen LogP contribution in [-0.2, 0) is 25.8 Å². The Labute approximate surface area is 159 Å². The van der Waals surface area contributed by atoms with Gasteiger partial charge in [-0.05, 0) is 42.3 Å². The zero-order chi connectivity index (χ0) is 18.2. The van der Waals surface area contributed by atoms with E-state index in [2.05, 4.69) is 48.3 Å². The molecule has 2 aliphatic rings. The van der Waals surface area contributed by atoms with Gasteiger partial charge in [0.05, 0.1) is 18.7 Å². The fraction of sp³-hybridized carbons (Fsp3) is 0.348. The molecule has 0 bridgehead atoms. The van der Waals surface area contributed by atoms with Crippen LogP contribution >= 0.6 is 0 Å². The monoisotopic (exact) mass is 360 g/mol. The number of benzene rings is 2. The number of hydrogen-bond acceptors (Lipinski definition) is 4. The van der Waals surface area contributed by atoms with E-state index in [1.54, 1.807) is 0 Å². The van der Waals surface area contributed by atoms with Crippen molar-refractivity contribution >= 4 is 10.9 Å². The van der Waals surface area contributed by atoms with Gasteiger partial charge in [-0.3, -0.25) is 0 Å². The molecule has 0 saturated heterocycles. The predicted octanol–water partition coefficient (Wildman–Crippen LogP) is 3.78. The van der Waals surface area contributed by atoms with Crippen LogP contribution in [0.15, 0.2) is 42.5 Å². The van der Waals surface area contributed by atoms with Crippen molar-refractivity contribution in [1.29, 1.82) is 0 Å². The molecule has 2 aromatic carbocycles. The van der Waals surface area contributed by atoms with Crippen molar-refractivity contribution < 1.29 is 9.47 Å². The first-order valence-electron chi connectivity index (χ1n) is 9.74. The van der Waals surface area contributed by atoms with Crippen molar-refractivity contribution in [3.8, 4) is 11.6 Å². The lowest BCUT2D eigenvalue weighted by Gasteiger charge is -2.27. The highest BCUT2D eigenvalue weighted by atomic mass is 16.5. The highest BCUT2D eigenvalue weighted by molar-refractivity contribution is 5.84. The predicted molar refractivity (Wildman–Crippen MR) is 107 cm³/mol. The lowest BCUT2D eigenvalue weighted by atomic mass is 9.96. The third-order valence-electron chi connectivity index (χ3n) is 5.63. The van der Waals surface area contributed by atoms with Crippen molar-refractivity contribution in [1.82, 2.24) is 9.88 Å². The zero-order valence-electron chi connectivity index (χ0n) is 15.7. The third-order valence-corrected chi connectivity index (χ3v) is 5.63. The average molecular weight is 360 g/mol. The van der Waals surface area contributed by atoms with Crippen LogP contribution in [-0.4, -0.2) is 36.7 Å². The van der Waals surface area contributed by atoms with E-state index in [0.29, 0.717) is 6.61 Å². The highest BCUT2D eigenvalue weighted by Crippen LogP contribution is 2.32. The lowest BCUT2D eigenvalue weighted by Crippen LogP contribution is -2.27. The number of aromatic nitrogens is 1. The SMILES string of the molecule is CN1CCc2c(c(OCCc3ccc4c(c3)CCO4)nc3ccccc23)C1. The summed E-state index contributed by atoms with van der Waals surface area (Å²) in [6.07, 6.45) is 2.94. The largest absolute Gasteiger partial charge is 0.493 e. The first kappa shape index (κ1) is 16.6. The Bertz CT molecular complexity index is 999. The van der Waals surface area contributed by atoms with Gasteiger partial charge in [0.25, 0.3) is 0 Å². The Morgan fingerprint density at radius 2 is 2.04 bits per heavy atom. The van der Waals surface area contributed by atoms with Gasteiger partial charge in [0.2, 0.25) is 5.88 Å². The molecule has 0 amide bonds. The third kappa shape index (κ3) is 3.15. The minimum atomic E-state index is 0.640. The number of hydrogen-bond donors (Lipinski definition) is 0. The summed E-state index contributed by atoms with van der Waals surface area (Å²) in [6.45, 7) is 3.42. The van der Waals surface area contributed by atoms with Gasteiger partial charge in [-0.1, -0.05) is 30.3 Å². The topological polar surface area (TPSA) is 34.6 Å². The van der Waals surface area contributed by atoms with Gasteiger partial charge in [-0.15, -0.1) is 0 Å². The second kappa shape index (κ2) is 6.86. The molecule has 5 rings (SSSR count). The van der Waals surface area contributed by atoms with E-state index < -0.39 is 0 Å². The number of likely N-dealkylation sites (N-methyl/N-ethyl adjacent to an activating group) is 1. The fourth-order valence-corrected chi connectivity index (χ4v) is 4.18. The highest BCUT2D eigenvalue weighted by Gasteiger charge is 2.21. The van der Waals surface area contributed by atoms with E-state index in [1.165, 1.54) is 27.6 Å². The fourth-order valence-electron chi connectivity index (χ4n) is 4.18. The van der Waals surface area contributed by atoms with Crippen molar-refractivity contribution in [3.63, 3.8) is 0 Å². The Hall–Kier alpha value is -2.59. The second-order valence-electron chi connectivity index (χ2n) is 7.52. The van der Waals surface area contributed by atoms with Crippen molar-refractivity contribution in [2.45, 2.75) is 25.8 Å². The summed E-state index contributed by atoms with van der Waals surface area (Å²) < 4.78 is 11.8. The molecular weight excluding hydrogens is 336 g/mol. The maximum Gasteiger partial charge on any atom is 0.218 e. The summed E-state index contributed by atoms with van der Waals surface area (Å²) in [6, 6.07) is 14.9. The van der Waals surface area contributed by atoms with Crippen LogP contribution in [0.2, 0.25) is 0 Å². The molecule has 0 spiro atoms. The lowest BCUT2D eigenvalue weighted by molar-refractivity contribution is 0.277. The molecule has 0 fully saturated rings. The molecular formula is C23H24N2O2. The van der Waals surface area contributed by atoms with Gasteiger partial charge >= 0.3 is 0 Å². The second-order valence-corrected chi connectivity index (χ2v) is 7.52. The molecule has 4 nitrogen and oxygen atoms in total. The standard InChI is InChI=1S/C23H24N2O2/c1-25-11-8-18-19-4-2-3-5-21(19)24-23(20(18)15-25)27-12-9-16-6-7-22-17(14-16)10-13-26-22/h2-7,14H,8-13,15H2,1H3. The Balaban J connectivity index is 1.39. The summed E-state index contributed by atoms with van der Waals surface area (Å²) >= 11 is 0. The first-order chi connectivity index (χ1) is 13.3. The molecule has 0 unspecified atom stereocenters. The van der Waals surface area contributed by atoms with E-state index in [1.807, 2.05) is 6.07 Å². The molecule has 4 heteroatoms. The molecule has 0 saturated carbocycles. The van der Waals surface area contributed by atoms with Crippen molar-refractivity contribution in [2.75, 3.05) is 26.8 Å². The summed E-state index contributed by atoms with van der Waals surface area (Å²) in [7, 11) is 2.16. The summed E-state index contributed by atoms with van der Waals surface area (Å²) in [5.74, 6) is 1.84. The molecule has 3 aromatic rings. The van der Waals surface area contributed by atoms with E-state index >= 15 is 0 Å². The van der Waals surface area contributed by atoms with Crippen LogP contribution < -0.4 is 9.47 Å². The molecule has 0 radical (unpaired) electrons. The van der Waals surface area contributed by atoms with Gasteiger partial charge in [-0.2, -0.15) is 0 Å². The molecule has 2 aliphatic heterocycles. The number of pyridine rings is 1. The van der Waals surface area contributed by atoms with Crippen LogP contribution in [0.1, 0.15) is 22.3 Å². The van der Waals surface area contributed by atoms with Gasteiger partial charge in [0.15, 0.2) is 0 Å². The van der Waals surface area contributed by atoms with Gasteiger partial charge < -0.3 is 14.4 Å². The van der Waals surface area contributed by atoms with Gasteiger partial charge in [0, 0.05) is 36.9 Å². The molecule has 138 valence electrons. The molecule has 27 heavy (non-hydrogen) atoms. The van der Waals surface area contributed by atoms with Crippen LogP contribution in [0.3, 0.4) is 0 Å². The maximum absolute atomic E-state index is 6.22. The minimum Gasteiger partial charge on any atom is -0.493 e. The molecule has 1 aromatic heterocycles. The summed E-state index contributed by atoms with van der Waals surface area (Å²) in [5.41, 5.74) is 6.31. The van der Waals surface area contributed by atoms with E-state index in [9.17, 15) is 0 Å². The van der Waals surface area contributed by atoms with Crippen molar-refractivity contribution in [3.05, 3.63) is 64.7 Å². The van der Waals surface area contributed by atoms with Crippen LogP contribution in [0.25, 0.3) is 10.9 Å². The molecule has 3 heterocycles. The van der Waals surface area contributed by atoms with Gasteiger partial charge in [-0.25, -0.2) is 4.98 Å². The quantitative estimate of drug-likeness (QED) is 0.709. The van der Waals surface area contributed by atoms with Gasteiger partial charge in [0.1, 0.15) is 5.75 Å². The Morgan fingerprint density at radius 3 is 3.00 bits per heavy atom. The van der Waals surface area contributed by atoms with E-state index in [-0.39, 0.29) is 0 Å². The average Bonchev–Trinajstić information content (AvgIpc) is 3.16. The number of fused-ring (bicyclic) bond motifs is 4. The minimum absolute atomic E-state index is 0.640. The van der Waals surface area contributed by atoms with Crippen LogP contribution in [0.5, 0.6) is 11.6 Å². The van der Waals surface area contributed by atoms with Crippen LogP contribution in [0.4, 0.5) is 0 Å². The van der Waals surface area contributed by atoms with E-state index in [0.717, 1.165) is 56.1 Å². The molecule has 0 N–H and O–H groups in total. The van der Waals surface area contributed by atoms with E-state index in [4.69, 9.17) is 14.5 Å². The Morgan fingerprint density at radius 1 is 1.11 bits per heavy atom. The number of ether oxygens (including phenoxy) is 2. The number of nitrogens with zero attached hydrogens (tertiary/aromatic N) is 2. The summed E-state index contributed by atoms with van der Waals surface area (Å²) in [4.78, 5) is 7.18. The number of para-hydroxylation sites is 1.